The molecule has 0 spiro atoms. The van der Waals surface area contributed by atoms with Crippen molar-refractivity contribution in [2.45, 2.75) is 24.0 Å². The Hall–Kier alpha value is -5.40. The maximum absolute atomic E-state index is 14.0. The number of hydrogen-bond acceptors (Lipinski definition) is 5. The van der Waals surface area contributed by atoms with Crippen LogP contribution < -0.4 is 5.32 Å². The summed E-state index contributed by atoms with van der Waals surface area (Å²) >= 11 is 6.78. The van der Waals surface area contributed by atoms with E-state index in [2.05, 4.69) is 17.4 Å². The molecule has 1 atom stereocenters. The summed E-state index contributed by atoms with van der Waals surface area (Å²) in [6.45, 7) is 0.0603. The Morgan fingerprint density at radius 2 is 1.23 bits per heavy atom. The van der Waals surface area contributed by atoms with Crippen LogP contribution in [0, 0.1) is 0 Å². The zero-order chi connectivity index (χ0) is 33.7. The molecule has 0 saturated carbocycles. The lowest BCUT2D eigenvalue weighted by atomic mass is 9.80. The maximum atomic E-state index is 14.0. The van der Waals surface area contributed by atoms with E-state index in [1.54, 1.807) is 26.2 Å². The summed E-state index contributed by atoms with van der Waals surface area (Å²) in [5.41, 5.74) is 4.76. The minimum absolute atomic E-state index is 0.0603. The van der Waals surface area contributed by atoms with Crippen molar-refractivity contribution in [2.24, 2.45) is 0 Å². The third kappa shape index (κ3) is 6.42. The van der Waals surface area contributed by atoms with Gasteiger partial charge in [-0.3, -0.25) is 9.59 Å². The monoisotopic (exact) mass is 658 g/mol. The van der Waals surface area contributed by atoms with E-state index >= 15 is 0 Å². The summed E-state index contributed by atoms with van der Waals surface area (Å²) in [5.74, 6) is -1.37. The van der Waals surface area contributed by atoms with Crippen LogP contribution in [0.15, 0.2) is 133 Å². The molecule has 1 N–H and O–H groups in total. The van der Waals surface area contributed by atoms with Crippen LogP contribution in [0.5, 0.6) is 0 Å². The lowest BCUT2D eigenvalue weighted by Crippen LogP contribution is -2.48. The number of nitrogens with one attached hydrogen (secondary N) is 1. The SMILES string of the molecule is CN(C)C(=O)C(CC(=O)OC(c1ccccc1)(c1ccccc1)c1ccccc1Cl)NC(=O)OCC1c2ccccc2-c2ccccc21. The number of carbonyl (C=O) groups excluding carboxylic acids is 3. The number of likely N-dealkylation sites (N-methyl/N-ethyl adjacent to an activating group) is 1. The first kappa shape index (κ1) is 32.5. The van der Waals surface area contributed by atoms with Crippen LogP contribution in [-0.4, -0.2) is 49.6 Å². The average Bonchev–Trinajstić information content (AvgIpc) is 3.43. The molecule has 7 nitrogen and oxygen atoms in total. The molecule has 5 aromatic rings. The van der Waals surface area contributed by atoms with E-state index in [9.17, 15) is 14.4 Å². The number of fused-ring (bicyclic) bond motifs is 3. The van der Waals surface area contributed by atoms with E-state index in [1.165, 1.54) is 4.90 Å². The lowest BCUT2D eigenvalue weighted by molar-refractivity contribution is -0.155. The van der Waals surface area contributed by atoms with Gasteiger partial charge in [0.25, 0.3) is 0 Å². The van der Waals surface area contributed by atoms with Crippen molar-refractivity contribution in [2.75, 3.05) is 20.7 Å². The fourth-order valence-corrected chi connectivity index (χ4v) is 6.68. The first-order valence-electron chi connectivity index (χ1n) is 15.7. The molecule has 0 aliphatic heterocycles. The second kappa shape index (κ2) is 14.2. The molecule has 1 unspecified atom stereocenters. The third-order valence-electron chi connectivity index (χ3n) is 8.63. The van der Waals surface area contributed by atoms with Crippen LogP contribution in [0.4, 0.5) is 4.79 Å². The molecule has 1 aliphatic carbocycles. The highest BCUT2D eigenvalue weighted by Gasteiger charge is 2.43. The summed E-state index contributed by atoms with van der Waals surface area (Å²) in [6, 6.07) is 40.6. The van der Waals surface area contributed by atoms with Gasteiger partial charge in [-0.05, 0) is 28.3 Å². The van der Waals surface area contributed by atoms with Gasteiger partial charge in [0, 0.05) is 41.7 Å². The third-order valence-corrected chi connectivity index (χ3v) is 8.96. The van der Waals surface area contributed by atoms with Crippen LogP contribution in [-0.2, 0) is 24.7 Å². The first-order valence-corrected chi connectivity index (χ1v) is 16.1. The Morgan fingerprint density at radius 1 is 0.729 bits per heavy atom. The summed E-state index contributed by atoms with van der Waals surface area (Å²) in [4.78, 5) is 42.0. The van der Waals surface area contributed by atoms with E-state index in [0.717, 1.165) is 22.3 Å². The molecule has 6 rings (SSSR count). The number of amides is 2. The number of alkyl carbamates (subject to hydrolysis) is 1. The Balaban J connectivity index is 1.26. The number of carbonyl (C=O) groups is 3. The molecule has 0 bridgehead atoms. The molecule has 1 aliphatic rings. The zero-order valence-corrected chi connectivity index (χ0v) is 27.4. The van der Waals surface area contributed by atoms with Gasteiger partial charge >= 0.3 is 12.1 Å². The smallest absolute Gasteiger partial charge is 0.407 e. The van der Waals surface area contributed by atoms with Gasteiger partial charge in [-0.15, -0.1) is 0 Å². The molecule has 0 aromatic heterocycles. The van der Waals surface area contributed by atoms with E-state index < -0.39 is 36.0 Å². The van der Waals surface area contributed by atoms with Gasteiger partial charge in [-0.25, -0.2) is 4.79 Å². The van der Waals surface area contributed by atoms with Crippen molar-refractivity contribution in [3.05, 3.63) is 166 Å². The van der Waals surface area contributed by atoms with Gasteiger partial charge in [-0.1, -0.05) is 139 Å². The van der Waals surface area contributed by atoms with Crippen LogP contribution in [0.1, 0.15) is 40.2 Å². The number of rotatable bonds is 10. The summed E-state index contributed by atoms with van der Waals surface area (Å²) in [7, 11) is 3.12. The van der Waals surface area contributed by atoms with Gasteiger partial charge in [0.1, 0.15) is 12.6 Å². The number of esters is 1. The Morgan fingerprint density at radius 3 is 1.77 bits per heavy atom. The number of hydrogen-bond donors (Lipinski definition) is 1. The Bertz CT molecular complexity index is 1840. The van der Waals surface area contributed by atoms with Crippen molar-refractivity contribution in [3.63, 3.8) is 0 Å². The van der Waals surface area contributed by atoms with Crippen LogP contribution in [0.2, 0.25) is 5.02 Å². The minimum Gasteiger partial charge on any atom is -0.449 e. The normalized spacial score (nSPS) is 12.7. The molecule has 0 fully saturated rings. The molecule has 0 radical (unpaired) electrons. The van der Waals surface area contributed by atoms with Gasteiger partial charge in [-0.2, -0.15) is 0 Å². The first-order chi connectivity index (χ1) is 23.3. The highest BCUT2D eigenvalue weighted by Crippen LogP contribution is 2.45. The van der Waals surface area contributed by atoms with Crippen molar-refractivity contribution >= 4 is 29.6 Å². The van der Waals surface area contributed by atoms with Gasteiger partial charge in [0.05, 0.1) is 6.42 Å². The van der Waals surface area contributed by atoms with Gasteiger partial charge in [0.15, 0.2) is 5.60 Å². The molecule has 0 saturated heterocycles. The van der Waals surface area contributed by atoms with Crippen LogP contribution in [0.3, 0.4) is 0 Å². The second-order valence-electron chi connectivity index (χ2n) is 11.8. The minimum atomic E-state index is -1.45. The van der Waals surface area contributed by atoms with Crippen molar-refractivity contribution < 1.29 is 23.9 Å². The molecule has 2 amide bonds. The van der Waals surface area contributed by atoms with E-state index in [4.69, 9.17) is 21.1 Å². The van der Waals surface area contributed by atoms with Crippen LogP contribution >= 0.6 is 11.6 Å². The fraction of sp³-hybridized carbons (Fsp3) is 0.175. The number of halogens is 1. The molecule has 8 heteroatoms. The fourth-order valence-electron chi connectivity index (χ4n) is 6.42. The Labute approximate surface area is 285 Å². The van der Waals surface area contributed by atoms with Crippen molar-refractivity contribution in [1.82, 2.24) is 10.2 Å². The number of ether oxygens (including phenoxy) is 2. The van der Waals surface area contributed by atoms with E-state index in [-0.39, 0.29) is 12.5 Å². The number of benzene rings is 5. The predicted octanol–water partition coefficient (Wildman–Crippen LogP) is 7.56. The summed E-state index contributed by atoms with van der Waals surface area (Å²) in [5, 5.41) is 3.04. The molecule has 48 heavy (non-hydrogen) atoms. The number of nitrogens with zero attached hydrogens (tertiary/aromatic N) is 1. The summed E-state index contributed by atoms with van der Waals surface area (Å²) < 4.78 is 12.2. The molecule has 242 valence electrons. The highest BCUT2D eigenvalue weighted by molar-refractivity contribution is 6.31. The molecular formula is C40H35ClN2O5. The van der Waals surface area contributed by atoms with Crippen LogP contribution in [0.25, 0.3) is 11.1 Å². The lowest BCUT2D eigenvalue weighted by Gasteiger charge is -2.36. The zero-order valence-electron chi connectivity index (χ0n) is 26.6. The van der Waals surface area contributed by atoms with E-state index in [0.29, 0.717) is 21.7 Å². The Kier molecular flexibility index (Phi) is 9.60. The average molecular weight is 659 g/mol. The highest BCUT2D eigenvalue weighted by atomic mass is 35.5. The summed E-state index contributed by atoms with van der Waals surface area (Å²) in [6.07, 6.45) is -1.26. The quantitative estimate of drug-likeness (QED) is 0.124. The maximum Gasteiger partial charge on any atom is 0.407 e. The second-order valence-corrected chi connectivity index (χ2v) is 12.2. The largest absolute Gasteiger partial charge is 0.449 e. The predicted molar refractivity (Wildman–Crippen MR) is 186 cm³/mol. The molecule has 0 heterocycles. The van der Waals surface area contributed by atoms with Crippen molar-refractivity contribution in [1.29, 1.82) is 0 Å². The topological polar surface area (TPSA) is 84.9 Å². The van der Waals surface area contributed by atoms with Gasteiger partial charge in [0.2, 0.25) is 5.91 Å². The van der Waals surface area contributed by atoms with Crippen molar-refractivity contribution in [3.8, 4) is 11.1 Å². The molecule has 5 aromatic carbocycles. The standard InChI is InChI=1S/C40H35ClN2O5/c1-43(2)38(45)36(42-39(46)47-26-33-31-21-11-9-19-29(31)30-20-10-12-22-32(30)33)25-37(44)48-40(27-15-5-3-6-16-27,28-17-7-4-8-18-28)34-23-13-14-24-35(34)41/h3-24,33,36H,25-26H2,1-2H3,(H,42,46). The van der Waals surface area contributed by atoms with Gasteiger partial charge < -0.3 is 19.7 Å². The van der Waals surface area contributed by atoms with E-state index in [1.807, 2.05) is 109 Å². The molecular weight excluding hydrogens is 624 g/mol.